The van der Waals surface area contributed by atoms with Gasteiger partial charge in [-0.25, -0.2) is 4.79 Å². The number of carboxylic acid groups (broad SMARTS) is 1. The van der Waals surface area contributed by atoms with Gasteiger partial charge in [0.1, 0.15) is 0 Å². The molecule has 140 valence electrons. The van der Waals surface area contributed by atoms with Gasteiger partial charge in [0.25, 0.3) is 0 Å². The Morgan fingerprint density at radius 1 is 1.00 bits per heavy atom. The molecule has 27 heavy (non-hydrogen) atoms. The Labute approximate surface area is 162 Å². The van der Waals surface area contributed by atoms with Crippen LogP contribution in [0.2, 0.25) is 0 Å². The van der Waals surface area contributed by atoms with Gasteiger partial charge in [0, 0.05) is 6.08 Å². The standard InChI is InChI=1S/C25H28O2/c1-17(20-9-7-6-8-18(20)11-13-23(26)27)19-10-12-21-22(16-19)25(4,5)15-14-24(21,2)3/h6-13,16H,1,14-15H2,2-5H3,(H,26,27)/b13-11+. The summed E-state index contributed by atoms with van der Waals surface area (Å²) in [6, 6.07) is 14.5. The lowest BCUT2D eigenvalue weighted by molar-refractivity contribution is -0.131. The number of benzene rings is 2. The molecule has 2 aromatic rings. The second-order valence-corrected chi connectivity index (χ2v) is 8.77. The number of hydrogen-bond acceptors (Lipinski definition) is 1. The molecule has 0 saturated carbocycles. The van der Waals surface area contributed by atoms with E-state index in [1.807, 2.05) is 24.3 Å². The van der Waals surface area contributed by atoms with Gasteiger partial charge in [-0.15, -0.1) is 0 Å². The number of carbonyl (C=O) groups is 1. The Kier molecular flexibility index (Phi) is 4.86. The normalized spacial score (nSPS) is 17.5. The van der Waals surface area contributed by atoms with Gasteiger partial charge in [-0.05, 0) is 63.1 Å². The lowest BCUT2D eigenvalue weighted by Crippen LogP contribution is -2.33. The Balaban J connectivity index is 2.07. The summed E-state index contributed by atoms with van der Waals surface area (Å²) in [7, 11) is 0. The van der Waals surface area contributed by atoms with Crippen molar-refractivity contribution in [3.05, 3.63) is 82.9 Å². The number of carboxylic acids is 1. The van der Waals surface area contributed by atoms with Crippen molar-refractivity contribution in [3.63, 3.8) is 0 Å². The second kappa shape index (κ2) is 6.84. The average Bonchev–Trinajstić information content (AvgIpc) is 2.63. The predicted octanol–water partition coefficient (Wildman–Crippen LogP) is 6.19. The summed E-state index contributed by atoms with van der Waals surface area (Å²) in [5.74, 6) is -0.951. The van der Waals surface area contributed by atoms with Crippen molar-refractivity contribution in [1.29, 1.82) is 0 Å². The molecule has 2 aromatic carbocycles. The molecule has 1 aliphatic rings. The van der Waals surface area contributed by atoms with E-state index >= 15 is 0 Å². The Bertz CT molecular complexity index is 929. The van der Waals surface area contributed by atoms with Crippen LogP contribution >= 0.6 is 0 Å². The van der Waals surface area contributed by atoms with Crippen molar-refractivity contribution in [2.45, 2.75) is 51.4 Å². The molecule has 2 nitrogen and oxygen atoms in total. The van der Waals surface area contributed by atoms with E-state index in [2.05, 4.69) is 52.5 Å². The van der Waals surface area contributed by atoms with Crippen LogP contribution in [0, 0.1) is 0 Å². The van der Waals surface area contributed by atoms with Crippen LogP contribution in [0.15, 0.2) is 55.1 Å². The lowest BCUT2D eigenvalue weighted by Gasteiger charge is -2.42. The minimum Gasteiger partial charge on any atom is -0.478 e. The molecule has 0 aliphatic heterocycles. The third-order valence-corrected chi connectivity index (χ3v) is 5.89. The van der Waals surface area contributed by atoms with Crippen molar-refractivity contribution >= 4 is 17.6 Å². The van der Waals surface area contributed by atoms with Gasteiger partial charge in [-0.2, -0.15) is 0 Å². The van der Waals surface area contributed by atoms with Crippen LogP contribution in [0.4, 0.5) is 0 Å². The Morgan fingerprint density at radius 3 is 2.30 bits per heavy atom. The second-order valence-electron chi connectivity index (χ2n) is 8.77. The van der Waals surface area contributed by atoms with Crippen molar-refractivity contribution in [3.8, 4) is 0 Å². The largest absolute Gasteiger partial charge is 0.478 e. The molecule has 0 bridgehead atoms. The van der Waals surface area contributed by atoms with E-state index in [0.29, 0.717) is 0 Å². The van der Waals surface area contributed by atoms with Crippen LogP contribution in [-0.2, 0) is 15.6 Å². The highest BCUT2D eigenvalue weighted by Crippen LogP contribution is 2.46. The van der Waals surface area contributed by atoms with E-state index in [4.69, 9.17) is 5.11 Å². The summed E-state index contributed by atoms with van der Waals surface area (Å²) in [4.78, 5) is 10.9. The van der Waals surface area contributed by atoms with Crippen LogP contribution in [0.25, 0.3) is 11.6 Å². The topological polar surface area (TPSA) is 37.3 Å². The van der Waals surface area contributed by atoms with Crippen LogP contribution < -0.4 is 0 Å². The van der Waals surface area contributed by atoms with Gasteiger partial charge >= 0.3 is 5.97 Å². The molecule has 0 aromatic heterocycles. The SMILES string of the molecule is C=C(c1ccc2c(c1)C(C)(C)CCC2(C)C)c1ccccc1/C=C/C(=O)O. The summed E-state index contributed by atoms with van der Waals surface area (Å²) in [5.41, 5.74) is 6.99. The van der Waals surface area contributed by atoms with Crippen LogP contribution in [0.5, 0.6) is 0 Å². The maximum atomic E-state index is 10.9. The average molecular weight is 360 g/mol. The molecule has 3 rings (SSSR count). The quantitative estimate of drug-likeness (QED) is 0.660. The zero-order valence-corrected chi connectivity index (χ0v) is 16.7. The molecule has 0 saturated heterocycles. The summed E-state index contributed by atoms with van der Waals surface area (Å²) < 4.78 is 0. The predicted molar refractivity (Wildman–Crippen MR) is 113 cm³/mol. The zero-order valence-electron chi connectivity index (χ0n) is 16.7. The highest BCUT2D eigenvalue weighted by atomic mass is 16.4. The minimum absolute atomic E-state index is 0.143. The summed E-state index contributed by atoms with van der Waals surface area (Å²) in [5, 5.41) is 8.95. The van der Waals surface area contributed by atoms with E-state index in [-0.39, 0.29) is 10.8 Å². The van der Waals surface area contributed by atoms with Gasteiger partial charge in [0.2, 0.25) is 0 Å². The Morgan fingerprint density at radius 2 is 1.63 bits per heavy atom. The van der Waals surface area contributed by atoms with E-state index in [1.54, 1.807) is 6.08 Å². The molecule has 0 spiro atoms. The molecule has 1 N–H and O–H groups in total. The van der Waals surface area contributed by atoms with E-state index < -0.39 is 5.97 Å². The number of hydrogen-bond donors (Lipinski definition) is 1. The van der Waals surface area contributed by atoms with E-state index in [9.17, 15) is 4.79 Å². The fourth-order valence-electron chi connectivity index (χ4n) is 4.01. The van der Waals surface area contributed by atoms with Crippen molar-refractivity contribution < 1.29 is 9.90 Å². The smallest absolute Gasteiger partial charge is 0.328 e. The highest BCUT2D eigenvalue weighted by molar-refractivity contribution is 5.89. The van der Waals surface area contributed by atoms with Gasteiger partial charge in [-0.3, -0.25) is 0 Å². The van der Waals surface area contributed by atoms with E-state index in [1.165, 1.54) is 30.0 Å². The number of fused-ring (bicyclic) bond motifs is 1. The minimum atomic E-state index is -0.951. The van der Waals surface area contributed by atoms with E-state index in [0.717, 1.165) is 22.3 Å². The first-order valence-corrected chi connectivity index (χ1v) is 9.46. The maximum absolute atomic E-state index is 10.9. The van der Waals surface area contributed by atoms with Crippen LogP contribution in [-0.4, -0.2) is 11.1 Å². The summed E-state index contributed by atoms with van der Waals surface area (Å²) in [6.45, 7) is 13.6. The summed E-state index contributed by atoms with van der Waals surface area (Å²) in [6.07, 6.45) is 5.16. The van der Waals surface area contributed by atoms with Gasteiger partial charge in [-0.1, -0.05) is 76.7 Å². The van der Waals surface area contributed by atoms with Crippen LogP contribution in [0.1, 0.15) is 68.4 Å². The summed E-state index contributed by atoms with van der Waals surface area (Å²) >= 11 is 0. The van der Waals surface area contributed by atoms with Gasteiger partial charge in [0.05, 0.1) is 0 Å². The van der Waals surface area contributed by atoms with Gasteiger partial charge < -0.3 is 5.11 Å². The lowest BCUT2D eigenvalue weighted by atomic mass is 9.63. The third-order valence-electron chi connectivity index (χ3n) is 5.89. The monoisotopic (exact) mass is 360 g/mol. The fourth-order valence-corrected chi connectivity index (χ4v) is 4.01. The molecule has 0 fully saturated rings. The molecule has 1 aliphatic carbocycles. The van der Waals surface area contributed by atoms with Crippen LogP contribution in [0.3, 0.4) is 0 Å². The molecule has 0 radical (unpaired) electrons. The maximum Gasteiger partial charge on any atom is 0.328 e. The molecule has 0 unspecified atom stereocenters. The first kappa shape index (κ1) is 19.2. The highest BCUT2D eigenvalue weighted by Gasteiger charge is 2.37. The fraction of sp³-hybridized carbons (Fsp3) is 0.320. The van der Waals surface area contributed by atoms with Gasteiger partial charge in [0.15, 0.2) is 0 Å². The Hall–Kier alpha value is -2.61. The molecular weight excluding hydrogens is 332 g/mol. The number of rotatable bonds is 4. The first-order chi connectivity index (χ1) is 12.6. The van der Waals surface area contributed by atoms with Crippen molar-refractivity contribution in [2.75, 3.05) is 0 Å². The van der Waals surface area contributed by atoms with Crippen molar-refractivity contribution in [1.82, 2.24) is 0 Å². The third kappa shape index (κ3) is 3.75. The number of aliphatic carboxylic acids is 1. The first-order valence-electron chi connectivity index (χ1n) is 9.46. The molecule has 0 heterocycles. The molecule has 0 atom stereocenters. The molecule has 0 amide bonds. The van der Waals surface area contributed by atoms with Crippen molar-refractivity contribution in [2.24, 2.45) is 0 Å². The molecular formula is C25H28O2. The zero-order chi connectivity index (χ0) is 19.8. The molecule has 2 heteroatoms.